The van der Waals surface area contributed by atoms with Gasteiger partial charge in [-0.1, -0.05) is 23.4 Å². The number of anilines is 1. The van der Waals surface area contributed by atoms with Gasteiger partial charge in [0.05, 0.1) is 25.9 Å². The van der Waals surface area contributed by atoms with Gasteiger partial charge in [-0.25, -0.2) is 19.4 Å². The molecule has 0 bridgehead atoms. The van der Waals surface area contributed by atoms with Crippen molar-refractivity contribution in [1.29, 1.82) is 0 Å². The summed E-state index contributed by atoms with van der Waals surface area (Å²) >= 11 is 0. The molecule has 192 valence electrons. The topological polar surface area (TPSA) is 119 Å². The smallest absolute Gasteiger partial charge is 0.410 e. The Labute approximate surface area is 210 Å². The molecule has 0 unspecified atom stereocenters. The number of rotatable bonds is 4. The lowest BCUT2D eigenvalue weighted by Crippen LogP contribution is -2.42. The summed E-state index contributed by atoms with van der Waals surface area (Å²) < 4.78 is 13.0. The Balaban J connectivity index is 1.47. The summed E-state index contributed by atoms with van der Waals surface area (Å²) in [6.07, 6.45) is 1.17. The van der Waals surface area contributed by atoms with Crippen LogP contribution in [0.25, 0.3) is 22.6 Å². The third-order valence-corrected chi connectivity index (χ3v) is 6.45. The molecule has 3 aromatic rings. The zero-order valence-electron chi connectivity index (χ0n) is 21.1. The highest BCUT2D eigenvalue weighted by atomic mass is 16.6. The van der Waals surface area contributed by atoms with Crippen molar-refractivity contribution < 1.29 is 19.4 Å². The van der Waals surface area contributed by atoms with Gasteiger partial charge >= 0.3 is 6.09 Å². The van der Waals surface area contributed by atoms with Crippen LogP contribution in [0.15, 0.2) is 24.3 Å². The third kappa shape index (κ3) is 5.12. The molecule has 2 fully saturated rings. The van der Waals surface area contributed by atoms with Crippen LogP contribution in [-0.2, 0) is 16.1 Å². The van der Waals surface area contributed by atoms with Crippen molar-refractivity contribution in [2.45, 2.75) is 51.9 Å². The number of amides is 1. The number of aromatic nitrogens is 5. The zero-order chi connectivity index (χ0) is 25.3. The predicted octanol–water partition coefficient (Wildman–Crippen LogP) is 2.79. The second kappa shape index (κ2) is 9.98. The summed E-state index contributed by atoms with van der Waals surface area (Å²) in [4.78, 5) is 26.2. The normalized spacial score (nSPS) is 17.6. The number of carbonyl (C=O) groups excluding carboxylic acids is 1. The van der Waals surface area contributed by atoms with Crippen molar-refractivity contribution >= 4 is 23.1 Å². The maximum atomic E-state index is 12.5. The van der Waals surface area contributed by atoms with E-state index in [0.717, 1.165) is 29.8 Å². The summed E-state index contributed by atoms with van der Waals surface area (Å²) in [6, 6.07) is 7.66. The van der Waals surface area contributed by atoms with Gasteiger partial charge < -0.3 is 24.4 Å². The molecule has 11 heteroatoms. The number of aliphatic hydroxyl groups excluding tert-OH is 1. The van der Waals surface area contributed by atoms with Crippen molar-refractivity contribution in [1.82, 2.24) is 29.9 Å². The molecule has 0 saturated carbocycles. The van der Waals surface area contributed by atoms with Crippen molar-refractivity contribution in [3.63, 3.8) is 0 Å². The highest BCUT2D eigenvalue weighted by molar-refractivity contribution is 5.85. The summed E-state index contributed by atoms with van der Waals surface area (Å²) in [5.74, 6) is 1.30. The molecule has 0 aliphatic carbocycles. The molecule has 0 radical (unpaired) electrons. The lowest BCUT2D eigenvalue weighted by Gasteiger charge is -2.33. The zero-order valence-corrected chi connectivity index (χ0v) is 21.1. The Kier molecular flexibility index (Phi) is 6.76. The average molecular weight is 496 g/mol. The van der Waals surface area contributed by atoms with Crippen LogP contribution in [0.5, 0.6) is 0 Å². The number of piperidine rings is 1. The molecule has 2 aromatic heterocycles. The number of hydrogen-bond donors (Lipinski definition) is 1. The van der Waals surface area contributed by atoms with Crippen LogP contribution in [0.1, 0.15) is 45.2 Å². The first-order valence-electron chi connectivity index (χ1n) is 12.5. The molecular formula is C25H33N7O4. The molecule has 0 spiro atoms. The van der Waals surface area contributed by atoms with Gasteiger partial charge in [-0.2, -0.15) is 0 Å². The van der Waals surface area contributed by atoms with Gasteiger partial charge in [-0.15, -0.1) is 5.10 Å². The lowest BCUT2D eigenvalue weighted by atomic mass is 10.1. The Morgan fingerprint density at radius 3 is 2.58 bits per heavy atom. The number of benzene rings is 1. The third-order valence-electron chi connectivity index (χ3n) is 6.45. The highest BCUT2D eigenvalue weighted by Gasteiger charge is 2.30. The minimum atomic E-state index is -0.521. The fourth-order valence-electron chi connectivity index (χ4n) is 4.61. The number of morpholine rings is 1. The molecule has 4 heterocycles. The van der Waals surface area contributed by atoms with Crippen LogP contribution in [0.4, 0.5) is 10.6 Å². The van der Waals surface area contributed by atoms with Crippen LogP contribution in [0.2, 0.25) is 0 Å². The maximum absolute atomic E-state index is 12.5. The molecule has 1 aromatic carbocycles. The van der Waals surface area contributed by atoms with Gasteiger partial charge in [0.15, 0.2) is 22.8 Å². The van der Waals surface area contributed by atoms with Crippen LogP contribution < -0.4 is 4.90 Å². The number of ether oxygens (including phenoxy) is 2. The highest BCUT2D eigenvalue weighted by Crippen LogP contribution is 2.31. The monoisotopic (exact) mass is 495 g/mol. The molecule has 1 N–H and O–H groups in total. The van der Waals surface area contributed by atoms with Gasteiger partial charge in [-0.3, -0.25) is 0 Å². The number of aliphatic hydroxyl groups is 1. The second-order valence-corrected chi connectivity index (χ2v) is 10.2. The fraction of sp³-hybridized carbons (Fsp3) is 0.560. The Hall–Kier alpha value is -3.31. The molecule has 2 aliphatic rings. The number of hydrogen-bond acceptors (Lipinski definition) is 9. The quantitative estimate of drug-likeness (QED) is 0.583. The van der Waals surface area contributed by atoms with E-state index in [9.17, 15) is 9.90 Å². The Bertz CT molecular complexity index is 1220. The number of nitrogens with zero attached hydrogens (tertiary/aromatic N) is 7. The molecule has 5 rings (SSSR count). The largest absolute Gasteiger partial charge is 0.444 e. The summed E-state index contributed by atoms with van der Waals surface area (Å²) in [5, 5.41) is 18.6. The number of fused-ring (bicyclic) bond motifs is 1. The van der Waals surface area contributed by atoms with E-state index in [0.29, 0.717) is 56.4 Å². The van der Waals surface area contributed by atoms with Gasteiger partial charge in [0.1, 0.15) is 5.60 Å². The Morgan fingerprint density at radius 1 is 1.14 bits per heavy atom. The minimum Gasteiger partial charge on any atom is -0.444 e. The van der Waals surface area contributed by atoms with E-state index in [-0.39, 0.29) is 18.7 Å². The molecule has 2 saturated heterocycles. The van der Waals surface area contributed by atoms with Gasteiger partial charge in [0.25, 0.3) is 0 Å². The van der Waals surface area contributed by atoms with E-state index in [1.807, 2.05) is 49.7 Å². The minimum absolute atomic E-state index is 0.0535. The molecule has 0 atom stereocenters. The van der Waals surface area contributed by atoms with Gasteiger partial charge in [0.2, 0.25) is 0 Å². The van der Waals surface area contributed by atoms with Gasteiger partial charge in [0, 0.05) is 31.7 Å². The van der Waals surface area contributed by atoms with Crippen LogP contribution in [-0.4, -0.2) is 86.1 Å². The van der Waals surface area contributed by atoms with Crippen molar-refractivity contribution in [3.8, 4) is 11.4 Å². The standard InChI is InChI=1S/C25H33N7O4/c1-25(2,3)36-24(34)31-9-7-19(8-10-31)32-23-20(28-29-32)22(30-11-13-35-14-12-30)26-21(27-23)18-6-4-5-17(15-18)16-33/h4-6,15,19,33H,7-14,16H2,1-3H3. The molecule has 36 heavy (non-hydrogen) atoms. The van der Waals surface area contributed by atoms with E-state index in [1.165, 1.54) is 0 Å². The van der Waals surface area contributed by atoms with Crippen molar-refractivity contribution in [2.75, 3.05) is 44.3 Å². The predicted molar refractivity (Wildman–Crippen MR) is 134 cm³/mol. The number of carbonyl (C=O) groups is 1. The molecule has 11 nitrogen and oxygen atoms in total. The summed E-state index contributed by atoms with van der Waals surface area (Å²) in [6.45, 7) is 9.39. The first-order valence-corrected chi connectivity index (χ1v) is 12.5. The van der Waals surface area contributed by atoms with Crippen LogP contribution >= 0.6 is 0 Å². The SMILES string of the molecule is CC(C)(C)OC(=O)N1CCC(n2nnc3c(N4CCOCC4)nc(-c4cccc(CO)c4)nc32)CC1. The van der Waals surface area contributed by atoms with Gasteiger partial charge in [-0.05, 0) is 45.2 Å². The second-order valence-electron chi connectivity index (χ2n) is 10.2. The summed E-state index contributed by atoms with van der Waals surface area (Å²) in [5.41, 5.74) is 2.43. The first kappa shape index (κ1) is 24.4. The van der Waals surface area contributed by atoms with E-state index in [1.54, 1.807) is 4.90 Å². The van der Waals surface area contributed by atoms with Crippen molar-refractivity contribution in [2.24, 2.45) is 0 Å². The van der Waals surface area contributed by atoms with Crippen LogP contribution in [0.3, 0.4) is 0 Å². The number of likely N-dealkylation sites (tertiary alicyclic amines) is 1. The first-order chi connectivity index (χ1) is 17.3. The average Bonchev–Trinajstić information content (AvgIpc) is 3.32. The molecular weight excluding hydrogens is 462 g/mol. The van der Waals surface area contributed by atoms with E-state index in [2.05, 4.69) is 15.2 Å². The lowest BCUT2D eigenvalue weighted by molar-refractivity contribution is 0.0185. The molecule has 2 aliphatic heterocycles. The van der Waals surface area contributed by atoms with E-state index < -0.39 is 5.60 Å². The van der Waals surface area contributed by atoms with Crippen LogP contribution in [0, 0.1) is 0 Å². The van der Waals surface area contributed by atoms with Crippen molar-refractivity contribution in [3.05, 3.63) is 29.8 Å². The fourth-order valence-corrected chi connectivity index (χ4v) is 4.61. The Morgan fingerprint density at radius 2 is 1.89 bits per heavy atom. The van der Waals surface area contributed by atoms with E-state index >= 15 is 0 Å². The summed E-state index contributed by atoms with van der Waals surface area (Å²) in [7, 11) is 0. The molecule has 1 amide bonds. The van der Waals surface area contributed by atoms with E-state index in [4.69, 9.17) is 19.4 Å². The maximum Gasteiger partial charge on any atom is 0.410 e.